The first-order chi connectivity index (χ1) is 9.38. The molecular weight excluding hydrogens is 276 g/mol. The van der Waals surface area contributed by atoms with Crippen molar-refractivity contribution in [2.75, 3.05) is 25.4 Å². The highest BCUT2D eigenvalue weighted by Gasteiger charge is 2.57. The molecule has 0 radical (unpaired) electrons. The molecule has 1 aliphatic carbocycles. The molecule has 0 unspecified atom stereocenters. The molecule has 1 heterocycles. The summed E-state index contributed by atoms with van der Waals surface area (Å²) in [5, 5.41) is 3.60. The SMILES string of the molecule is CCS(=O)(=O)NCCCN[C@@H]1[C@H]2CCCO[C@@H]2C1(C)C. The Hall–Kier alpha value is -0.170. The van der Waals surface area contributed by atoms with Crippen molar-refractivity contribution in [1.29, 1.82) is 0 Å². The minimum absolute atomic E-state index is 0.150. The largest absolute Gasteiger partial charge is 0.377 e. The molecule has 5 nitrogen and oxygen atoms in total. The van der Waals surface area contributed by atoms with E-state index >= 15 is 0 Å². The van der Waals surface area contributed by atoms with Crippen molar-refractivity contribution in [3.63, 3.8) is 0 Å². The number of hydrogen-bond acceptors (Lipinski definition) is 4. The summed E-state index contributed by atoms with van der Waals surface area (Å²) < 4.78 is 31.1. The van der Waals surface area contributed by atoms with Crippen LogP contribution in [-0.4, -0.2) is 46.0 Å². The minimum Gasteiger partial charge on any atom is -0.377 e. The van der Waals surface area contributed by atoms with Gasteiger partial charge in [0.15, 0.2) is 0 Å². The zero-order valence-corrected chi connectivity index (χ0v) is 13.6. The average Bonchev–Trinajstić information content (AvgIpc) is 2.42. The molecule has 6 heteroatoms. The third-order valence-corrected chi connectivity index (χ3v) is 6.15. The first kappa shape index (κ1) is 16.2. The monoisotopic (exact) mass is 304 g/mol. The Morgan fingerprint density at radius 1 is 1.30 bits per heavy atom. The predicted octanol–water partition coefficient (Wildman–Crippen LogP) is 1.11. The summed E-state index contributed by atoms with van der Waals surface area (Å²) >= 11 is 0. The van der Waals surface area contributed by atoms with E-state index in [1.807, 2.05) is 0 Å². The van der Waals surface area contributed by atoms with Crippen LogP contribution in [0, 0.1) is 11.3 Å². The maximum atomic E-state index is 11.3. The van der Waals surface area contributed by atoms with Crippen LogP contribution in [-0.2, 0) is 14.8 Å². The Kier molecular flexibility index (Phi) is 5.10. The van der Waals surface area contributed by atoms with Crippen LogP contribution in [0.15, 0.2) is 0 Å². The van der Waals surface area contributed by atoms with E-state index in [1.165, 1.54) is 6.42 Å². The molecule has 0 aromatic rings. The number of fused-ring (bicyclic) bond motifs is 1. The summed E-state index contributed by atoms with van der Waals surface area (Å²) in [5.41, 5.74) is 0.189. The second-order valence-corrected chi connectivity index (χ2v) is 8.60. The van der Waals surface area contributed by atoms with Gasteiger partial charge in [-0.1, -0.05) is 13.8 Å². The van der Waals surface area contributed by atoms with Gasteiger partial charge in [-0.25, -0.2) is 13.1 Å². The maximum absolute atomic E-state index is 11.3. The highest BCUT2D eigenvalue weighted by Crippen LogP contribution is 2.51. The third kappa shape index (κ3) is 3.35. The van der Waals surface area contributed by atoms with Crippen molar-refractivity contribution in [3.8, 4) is 0 Å². The molecule has 1 saturated carbocycles. The van der Waals surface area contributed by atoms with Crippen molar-refractivity contribution >= 4 is 10.0 Å². The van der Waals surface area contributed by atoms with E-state index in [2.05, 4.69) is 23.9 Å². The lowest BCUT2D eigenvalue weighted by Gasteiger charge is -2.60. The van der Waals surface area contributed by atoms with Crippen LogP contribution in [0.25, 0.3) is 0 Å². The summed E-state index contributed by atoms with van der Waals surface area (Å²) in [4.78, 5) is 0. The molecule has 0 amide bonds. The van der Waals surface area contributed by atoms with Crippen LogP contribution >= 0.6 is 0 Å². The first-order valence-corrected chi connectivity index (χ1v) is 9.36. The van der Waals surface area contributed by atoms with Crippen molar-refractivity contribution < 1.29 is 13.2 Å². The quantitative estimate of drug-likeness (QED) is 0.692. The molecule has 0 aromatic heterocycles. The van der Waals surface area contributed by atoms with Crippen molar-refractivity contribution in [1.82, 2.24) is 10.0 Å². The van der Waals surface area contributed by atoms with E-state index in [-0.39, 0.29) is 11.2 Å². The molecule has 2 rings (SSSR count). The maximum Gasteiger partial charge on any atom is 0.211 e. The summed E-state index contributed by atoms with van der Waals surface area (Å²) in [6.07, 6.45) is 3.62. The van der Waals surface area contributed by atoms with Gasteiger partial charge < -0.3 is 10.1 Å². The topological polar surface area (TPSA) is 67.4 Å². The highest BCUT2D eigenvalue weighted by molar-refractivity contribution is 7.89. The van der Waals surface area contributed by atoms with E-state index in [0.717, 1.165) is 26.0 Å². The number of rotatable bonds is 7. The minimum atomic E-state index is -3.05. The van der Waals surface area contributed by atoms with Crippen molar-refractivity contribution in [2.45, 2.75) is 52.2 Å². The van der Waals surface area contributed by atoms with Gasteiger partial charge in [0.2, 0.25) is 10.0 Å². The fraction of sp³-hybridized carbons (Fsp3) is 1.00. The lowest BCUT2D eigenvalue weighted by molar-refractivity contribution is -0.192. The standard InChI is InChI=1S/C14H28N2O3S/c1-4-20(17,18)16-9-6-8-15-12-11-7-5-10-19-13(11)14(12,2)3/h11-13,15-16H,4-10H2,1-3H3/t11-,12-,13+/m1/s1. The zero-order valence-electron chi connectivity index (χ0n) is 12.8. The number of ether oxygens (including phenoxy) is 1. The van der Waals surface area contributed by atoms with Crippen LogP contribution in [0.2, 0.25) is 0 Å². The van der Waals surface area contributed by atoms with Gasteiger partial charge in [0.25, 0.3) is 0 Å². The van der Waals surface area contributed by atoms with Crippen LogP contribution in [0.5, 0.6) is 0 Å². The van der Waals surface area contributed by atoms with E-state index in [4.69, 9.17) is 4.74 Å². The summed E-state index contributed by atoms with van der Waals surface area (Å²) in [6, 6.07) is 0.496. The second-order valence-electron chi connectivity index (χ2n) is 6.50. The summed E-state index contributed by atoms with van der Waals surface area (Å²) in [6.45, 7) is 8.44. The third-order valence-electron chi connectivity index (χ3n) is 4.75. The molecule has 118 valence electrons. The number of sulfonamides is 1. The van der Waals surface area contributed by atoms with E-state index in [0.29, 0.717) is 24.6 Å². The molecule has 2 aliphatic rings. The Morgan fingerprint density at radius 2 is 2.05 bits per heavy atom. The highest BCUT2D eigenvalue weighted by atomic mass is 32.2. The van der Waals surface area contributed by atoms with E-state index in [9.17, 15) is 8.42 Å². The molecule has 2 fully saturated rings. The van der Waals surface area contributed by atoms with Gasteiger partial charge in [0.05, 0.1) is 11.9 Å². The number of hydrogen-bond donors (Lipinski definition) is 2. The molecule has 1 saturated heterocycles. The first-order valence-electron chi connectivity index (χ1n) is 7.71. The fourth-order valence-corrected chi connectivity index (χ4v) is 4.27. The molecule has 20 heavy (non-hydrogen) atoms. The smallest absolute Gasteiger partial charge is 0.211 e. The van der Waals surface area contributed by atoms with Crippen molar-refractivity contribution in [2.24, 2.45) is 11.3 Å². The van der Waals surface area contributed by atoms with Crippen LogP contribution in [0.1, 0.15) is 40.0 Å². The second kappa shape index (κ2) is 6.30. The number of nitrogens with one attached hydrogen (secondary N) is 2. The van der Waals surface area contributed by atoms with Gasteiger partial charge in [0, 0.05) is 30.5 Å². The van der Waals surface area contributed by atoms with Crippen LogP contribution in [0.3, 0.4) is 0 Å². The molecular formula is C14H28N2O3S. The summed E-state index contributed by atoms with van der Waals surface area (Å²) in [5.74, 6) is 0.781. The van der Waals surface area contributed by atoms with Gasteiger partial charge in [-0.3, -0.25) is 0 Å². The van der Waals surface area contributed by atoms with Crippen LogP contribution in [0.4, 0.5) is 0 Å². The molecule has 2 N–H and O–H groups in total. The van der Waals surface area contributed by atoms with Gasteiger partial charge in [-0.15, -0.1) is 0 Å². The van der Waals surface area contributed by atoms with E-state index < -0.39 is 10.0 Å². The fourth-order valence-electron chi connectivity index (χ4n) is 3.61. The predicted molar refractivity (Wildman–Crippen MR) is 80.1 cm³/mol. The molecule has 0 spiro atoms. The average molecular weight is 304 g/mol. The lowest BCUT2D eigenvalue weighted by atomic mass is 9.55. The molecule has 3 atom stereocenters. The Bertz CT molecular complexity index is 422. The van der Waals surface area contributed by atoms with Gasteiger partial charge >= 0.3 is 0 Å². The normalized spacial score (nSPS) is 32.5. The van der Waals surface area contributed by atoms with E-state index in [1.54, 1.807) is 6.92 Å². The summed E-state index contributed by atoms with van der Waals surface area (Å²) in [7, 11) is -3.05. The molecule has 1 aliphatic heterocycles. The molecule has 0 aromatic carbocycles. The van der Waals surface area contributed by atoms with Gasteiger partial charge in [-0.05, 0) is 32.7 Å². The Balaban J connectivity index is 1.69. The Morgan fingerprint density at radius 3 is 2.75 bits per heavy atom. The van der Waals surface area contributed by atoms with Crippen LogP contribution < -0.4 is 10.0 Å². The van der Waals surface area contributed by atoms with Gasteiger partial charge in [0.1, 0.15) is 0 Å². The van der Waals surface area contributed by atoms with Crippen molar-refractivity contribution in [3.05, 3.63) is 0 Å². The lowest BCUT2D eigenvalue weighted by Crippen LogP contribution is -2.69. The Labute approximate surface area is 122 Å². The zero-order chi connectivity index (χ0) is 14.8. The molecule has 0 bridgehead atoms. The van der Waals surface area contributed by atoms with Gasteiger partial charge in [-0.2, -0.15) is 0 Å².